The van der Waals surface area contributed by atoms with Gasteiger partial charge in [-0.2, -0.15) is 0 Å². The van der Waals surface area contributed by atoms with Crippen molar-refractivity contribution in [3.63, 3.8) is 0 Å². The van der Waals surface area contributed by atoms with E-state index in [1.54, 1.807) is 6.07 Å². The lowest BCUT2D eigenvalue weighted by atomic mass is 10.1. The van der Waals surface area contributed by atoms with Gasteiger partial charge in [-0.15, -0.1) is 0 Å². The molecule has 0 saturated heterocycles. The van der Waals surface area contributed by atoms with Gasteiger partial charge in [0.1, 0.15) is 11.5 Å². The number of phenolic OH excluding ortho intramolecular Hbond substituents is 1. The number of phenols is 1. The van der Waals surface area contributed by atoms with E-state index in [1.807, 2.05) is 72.8 Å². The summed E-state index contributed by atoms with van der Waals surface area (Å²) >= 11 is 0. The van der Waals surface area contributed by atoms with E-state index in [1.165, 1.54) is 0 Å². The monoisotopic (exact) mass is 343 g/mol. The molecular weight excluding hydrogens is 326 g/mol. The van der Waals surface area contributed by atoms with Crippen LogP contribution in [0, 0.1) is 0 Å². The van der Waals surface area contributed by atoms with Gasteiger partial charge in [-0.25, -0.2) is 0 Å². The number of amides is 1. The van der Waals surface area contributed by atoms with Gasteiger partial charge in [0, 0.05) is 5.39 Å². The topological polar surface area (TPSA) is 58.6 Å². The number of rotatable bonds is 4. The average Bonchev–Trinajstić information content (AvgIpc) is 2.68. The van der Waals surface area contributed by atoms with Crippen LogP contribution in [0.1, 0.15) is 0 Å². The van der Waals surface area contributed by atoms with Crippen molar-refractivity contribution in [2.24, 2.45) is 0 Å². The molecule has 0 aliphatic rings. The Morgan fingerprint density at radius 3 is 2.38 bits per heavy atom. The lowest BCUT2D eigenvalue weighted by Gasteiger charge is -2.12. The number of fused-ring (bicyclic) bond motifs is 2. The fourth-order valence-electron chi connectivity index (χ4n) is 2.97. The second-order valence-electron chi connectivity index (χ2n) is 6.03. The normalized spacial score (nSPS) is 10.8. The predicted octanol–water partition coefficient (Wildman–Crippen LogP) is 4.72. The first-order valence-corrected chi connectivity index (χ1v) is 8.33. The number of aromatic hydroxyl groups is 1. The zero-order valence-corrected chi connectivity index (χ0v) is 14.0. The van der Waals surface area contributed by atoms with Crippen LogP contribution in [0.3, 0.4) is 0 Å². The summed E-state index contributed by atoms with van der Waals surface area (Å²) in [5.74, 6) is 0.327. The van der Waals surface area contributed by atoms with Gasteiger partial charge in [0.25, 0.3) is 5.91 Å². The summed E-state index contributed by atoms with van der Waals surface area (Å²) in [7, 11) is 0. The Bertz CT molecular complexity index is 1100. The van der Waals surface area contributed by atoms with E-state index in [2.05, 4.69) is 5.32 Å². The van der Waals surface area contributed by atoms with Crippen molar-refractivity contribution >= 4 is 33.1 Å². The highest BCUT2D eigenvalue weighted by Crippen LogP contribution is 2.32. The van der Waals surface area contributed by atoms with Crippen molar-refractivity contribution < 1.29 is 14.6 Å². The van der Waals surface area contributed by atoms with E-state index in [9.17, 15) is 9.90 Å². The summed E-state index contributed by atoms with van der Waals surface area (Å²) in [6, 6.07) is 24.6. The number of carbonyl (C=O) groups excluding carboxylic acids is 1. The van der Waals surface area contributed by atoms with E-state index < -0.39 is 0 Å². The molecule has 4 heteroatoms. The Labute approximate surface area is 150 Å². The van der Waals surface area contributed by atoms with Crippen LogP contribution >= 0.6 is 0 Å². The van der Waals surface area contributed by atoms with Crippen molar-refractivity contribution in [1.82, 2.24) is 0 Å². The van der Waals surface area contributed by atoms with Crippen LogP contribution in [0.4, 0.5) is 5.69 Å². The first kappa shape index (κ1) is 16.0. The molecule has 0 heterocycles. The van der Waals surface area contributed by atoms with Crippen molar-refractivity contribution in [2.45, 2.75) is 0 Å². The standard InChI is InChI=1S/C22H17NO3/c24-20-12-10-16-6-3-4-8-19(16)22(20)23-21(25)14-26-18-11-9-15-5-1-2-7-17(15)13-18/h1-13,24H,14H2,(H,23,25). The highest BCUT2D eigenvalue weighted by molar-refractivity contribution is 6.05. The molecular formula is C22H17NO3. The zero-order valence-electron chi connectivity index (χ0n) is 14.0. The first-order chi connectivity index (χ1) is 12.7. The summed E-state index contributed by atoms with van der Waals surface area (Å²) < 4.78 is 5.61. The fourth-order valence-corrected chi connectivity index (χ4v) is 2.97. The lowest BCUT2D eigenvalue weighted by molar-refractivity contribution is -0.118. The minimum atomic E-state index is -0.329. The van der Waals surface area contributed by atoms with Crippen LogP contribution in [0.25, 0.3) is 21.5 Å². The SMILES string of the molecule is O=C(COc1ccc2ccccc2c1)Nc1c(O)ccc2ccccc12. The molecule has 0 aromatic heterocycles. The van der Waals surface area contributed by atoms with Crippen molar-refractivity contribution in [3.8, 4) is 11.5 Å². The number of hydrogen-bond acceptors (Lipinski definition) is 3. The summed E-state index contributed by atoms with van der Waals surface area (Å²) in [6.45, 7) is -0.138. The Morgan fingerprint density at radius 1 is 0.846 bits per heavy atom. The van der Waals surface area contributed by atoms with Gasteiger partial charge in [0.15, 0.2) is 6.61 Å². The number of nitrogens with one attached hydrogen (secondary N) is 1. The molecule has 0 saturated carbocycles. The van der Waals surface area contributed by atoms with E-state index in [4.69, 9.17) is 4.74 Å². The fraction of sp³-hybridized carbons (Fsp3) is 0.0455. The summed E-state index contributed by atoms with van der Waals surface area (Å²) in [5.41, 5.74) is 0.398. The molecule has 0 unspecified atom stereocenters. The molecule has 4 rings (SSSR count). The minimum Gasteiger partial charge on any atom is -0.506 e. The summed E-state index contributed by atoms with van der Waals surface area (Å²) in [5, 5.41) is 16.7. The van der Waals surface area contributed by atoms with Crippen molar-refractivity contribution in [1.29, 1.82) is 0 Å². The molecule has 26 heavy (non-hydrogen) atoms. The van der Waals surface area contributed by atoms with Gasteiger partial charge in [-0.05, 0) is 34.4 Å². The number of ether oxygens (including phenoxy) is 1. The highest BCUT2D eigenvalue weighted by Gasteiger charge is 2.11. The smallest absolute Gasteiger partial charge is 0.262 e. The average molecular weight is 343 g/mol. The van der Waals surface area contributed by atoms with E-state index >= 15 is 0 Å². The molecule has 0 spiro atoms. The van der Waals surface area contributed by atoms with Crippen LogP contribution in [0.5, 0.6) is 11.5 Å². The summed E-state index contributed by atoms with van der Waals surface area (Å²) in [6.07, 6.45) is 0. The largest absolute Gasteiger partial charge is 0.506 e. The molecule has 1 amide bonds. The van der Waals surface area contributed by atoms with Crippen LogP contribution in [0.2, 0.25) is 0 Å². The summed E-state index contributed by atoms with van der Waals surface area (Å²) in [4.78, 5) is 12.3. The minimum absolute atomic E-state index is 0.0303. The molecule has 2 N–H and O–H groups in total. The second-order valence-corrected chi connectivity index (χ2v) is 6.03. The van der Waals surface area contributed by atoms with Gasteiger partial charge in [-0.3, -0.25) is 4.79 Å². The molecule has 0 radical (unpaired) electrons. The Kier molecular flexibility index (Phi) is 4.15. The molecule has 128 valence electrons. The molecule has 0 fully saturated rings. The lowest BCUT2D eigenvalue weighted by Crippen LogP contribution is -2.20. The Hall–Kier alpha value is -3.53. The molecule has 0 bridgehead atoms. The molecule has 4 aromatic rings. The van der Waals surface area contributed by atoms with Crippen LogP contribution in [0.15, 0.2) is 78.9 Å². The van der Waals surface area contributed by atoms with Crippen LogP contribution < -0.4 is 10.1 Å². The van der Waals surface area contributed by atoms with E-state index in [-0.39, 0.29) is 18.3 Å². The molecule has 0 aliphatic heterocycles. The van der Waals surface area contributed by atoms with Gasteiger partial charge >= 0.3 is 0 Å². The maximum Gasteiger partial charge on any atom is 0.262 e. The maximum atomic E-state index is 12.3. The van der Waals surface area contributed by atoms with Crippen molar-refractivity contribution in [2.75, 3.05) is 11.9 Å². The third kappa shape index (κ3) is 3.17. The molecule has 0 atom stereocenters. The highest BCUT2D eigenvalue weighted by atomic mass is 16.5. The van der Waals surface area contributed by atoms with Crippen LogP contribution in [-0.4, -0.2) is 17.6 Å². The third-order valence-electron chi connectivity index (χ3n) is 4.26. The van der Waals surface area contributed by atoms with Gasteiger partial charge < -0.3 is 15.2 Å². The Morgan fingerprint density at radius 2 is 1.54 bits per heavy atom. The molecule has 4 nitrogen and oxygen atoms in total. The second kappa shape index (κ2) is 6.76. The maximum absolute atomic E-state index is 12.3. The number of hydrogen-bond donors (Lipinski definition) is 2. The Balaban J connectivity index is 1.49. The first-order valence-electron chi connectivity index (χ1n) is 8.33. The third-order valence-corrected chi connectivity index (χ3v) is 4.26. The van der Waals surface area contributed by atoms with Gasteiger partial charge in [-0.1, -0.05) is 60.7 Å². The number of carbonyl (C=O) groups is 1. The van der Waals surface area contributed by atoms with Gasteiger partial charge in [0.05, 0.1) is 5.69 Å². The predicted molar refractivity (Wildman–Crippen MR) is 104 cm³/mol. The van der Waals surface area contributed by atoms with E-state index in [0.717, 1.165) is 21.5 Å². The molecule has 0 aliphatic carbocycles. The van der Waals surface area contributed by atoms with E-state index in [0.29, 0.717) is 11.4 Å². The number of anilines is 1. The number of benzene rings is 4. The molecule has 4 aromatic carbocycles. The van der Waals surface area contributed by atoms with Crippen LogP contribution in [-0.2, 0) is 4.79 Å². The quantitative estimate of drug-likeness (QED) is 0.527. The van der Waals surface area contributed by atoms with Crippen molar-refractivity contribution in [3.05, 3.63) is 78.9 Å². The van der Waals surface area contributed by atoms with Gasteiger partial charge in [0.2, 0.25) is 0 Å². The zero-order chi connectivity index (χ0) is 17.9.